The van der Waals surface area contributed by atoms with Crippen LogP contribution in [0.3, 0.4) is 0 Å². The molecule has 0 bridgehead atoms. The molecule has 0 aliphatic heterocycles. The topological polar surface area (TPSA) is 117 Å². The van der Waals surface area contributed by atoms with E-state index in [1.165, 1.54) is 6.07 Å². The van der Waals surface area contributed by atoms with Crippen LogP contribution in [0.25, 0.3) is 34.2 Å². The van der Waals surface area contributed by atoms with Gasteiger partial charge < -0.3 is 15.3 Å². The highest BCUT2D eigenvalue weighted by atomic mass is 16.3. The van der Waals surface area contributed by atoms with E-state index in [1.54, 1.807) is 43.2 Å². The maximum Gasteiger partial charge on any atom is 0.167 e. The summed E-state index contributed by atoms with van der Waals surface area (Å²) in [6, 6.07) is 6.67. The molecular formula is C22H21N5O3. The highest BCUT2D eigenvalue weighted by Crippen LogP contribution is 2.37. The van der Waals surface area contributed by atoms with E-state index in [0.717, 1.165) is 11.1 Å². The van der Waals surface area contributed by atoms with Crippen LogP contribution in [0, 0.1) is 20.8 Å². The van der Waals surface area contributed by atoms with Gasteiger partial charge in [-0.05, 0) is 50.1 Å². The van der Waals surface area contributed by atoms with Crippen LogP contribution in [0.1, 0.15) is 16.7 Å². The molecule has 0 fully saturated rings. The fraction of sp³-hybridized carbons (Fsp3) is 0.182. The summed E-state index contributed by atoms with van der Waals surface area (Å²) in [6.07, 6.45) is 3.40. The Labute approximate surface area is 173 Å². The molecule has 2 heterocycles. The van der Waals surface area contributed by atoms with E-state index in [1.807, 2.05) is 19.9 Å². The molecule has 3 N–H and O–H groups in total. The van der Waals surface area contributed by atoms with Crippen molar-refractivity contribution < 1.29 is 15.3 Å². The third kappa shape index (κ3) is 3.22. The number of aromatic hydroxyl groups is 3. The summed E-state index contributed by atoms with van der Waals surface area (Å²) in [5.74, 6) is 0.793. The third-order valence-corrected chi connectivity index (χ3v) is 5.18. The van der Waals surface area contributed by atoms with Gasteiger partial charge in [-0.25, -0.2) is 15.0 Å². The lowest BCUT2D eigenvalue weighted by Crippen LogP contribution is -2.01. The van der Waals surface area contributed by atoms with E-state index in [2.05, 4.69) is 20.1 Å². The Balaban J connectivity index is 1.99. The molecule has 0 aliphatic rings. The number of hydrogen-bond donors (Lipinski definition) is 3. The van der Waals surface area contributed by atoms with Gasteiger partial charge in [-0.2, -0.15) is 5.10 Å². The molecule has 0 radical (unpaired) electrons. The fourth-order valence-corrected chi connectivity index (χ4v) is 3.13. The molecule has 8 nitrogen and oxygen atoms in total. The van der Waals surface area contributed by atoms with Crippen molar-refractivity contribution in [2.75, 3.05) is 0 Å². The van der Waals surface area contributed by atoms with E-state index >= 15 is 0 Å². The number of aryl methyl sites for hydroxylation is 2. The number of nitrogens with zero attached hydrogens (tertiary/aromatic N) is 5. The third-order valence-electron chi connectivity index (χ3n) is 5.18. The number of rotatable bonds is 3. The normalized spacial score (nSPS) is 11.1. The average Bonchev–Trinajstić information content (AvgIpc) is 3.16. The molecule has 0 atom stereocenters. The lowest BCUT2D eigenvalue weighted by atomic mass is 10.0. The van der Waals surface area contributed by atoms with Crippen molar-refractivity contribution in [2.45, 2.75) is 20.8 Å². The molecular weight excluding hydrogens is 382 g/mol. The fourth-order valence-electron chi connectivity index (χ4n) is 3.13. The van der Waals surface area contributed by atoms with Crippen molar-refractivity contribution in [3.05, 3.63) is 53.3 Å². The number of hydrogen-bond acceptors (Lipinski definition) is 7. The molecule has 0 unspecified atom stereocenters. The van der Waals surface area contributed by atoms with Gasteiger partial charge in [0.1, 0.15) is 17.2 Å². The Morgan fingerprint density at radius 3 is 1.90 bits per heavy atom. The van der Waals surface area contributed by atoms with E-state index in [-0.39, 0.29) is 28.9 Å². The van der Waals surface area contributed by atoms with Crippen LogP contribution in [-0.2, 0) is 7.05 Å². The van der Waals surface area contributed by atoms with Crippen LogP contribution in [0.4, 0.5) is 0 Å². The molecule has 0 saturated carbocycles. The van der Waals surface area contributed by atoms with Crippen molar-refractivity contribution in [3.8, 4) is 51.4 Å². The summed E-state index contributed by atoms with van der Waals surface area (Å²) in [7, 11) is 1.79. The molecule has 0 amide bonds. The highest BCUT2D eigenvalue weighted by molar-refractivity contribution is 5.74. The number of phenols is 3. The van der Waals surface area contributed by atoms with Crippen molar-refractivity contribution in [2.24, 2.45) is 7.05 Å². The second-order valence-electron chi connectivity index (χ2n) is 7.22. The summed E-state index contributed by atoms with van der Waals surface area (Å²) in [6.45, 7) is 5.34. The summed E-state index contributed by atoms with van der Waals surface area (Å²) in [5.41, 5.74) is 3.49. The van der Waals surface area contributed by atoms with E-state index in [0.29, 0.717) is 28.1 Å². The van der Waals surface area contributed by atoms with E-state index < -0.39 is 0 Å². The van der Waals surface area contributed by atoms with Gasteiger partial charge in [0.25, 0.3) is 0 Å². The highest BCUT2D eigenvalue weighted by Gasteiger charge is 2.19. The maximum atomic E-state index is 10.7. The Hall–Kier alpha value is -3.94. The van der Waals surface area contributed by atoms with Gasteiger partial charge in [0.2, 0.25) is 0 Å². The molecule has 2 aromatic carbocycles. The minimum atomic E-state index is -0.117. The first-order valence-corrected chi connectivity index (χ1v) is 9.32. The SMILES string of the molecule is Cc1ccc(-c2nc(-c3cnn(C)c3)nc(-c3ccc(O)c(C)c3O)n2)c(O)c1C. The molecule has 4 aromatic rings. The molecule has 0 saturated heterocycles. The average molecular weight is 403 g/mol. The first-order valence-electron chi connectivity index (χ1n) is 9.32. The predicted octanol–water partition coefficient (Wildman–Crippen LogP) is 3.65. The van der Waals surface area contributed by atoms with Gasteiger partial charge >= 0.3 is 0 Å². The number of phenolic OH excluding ortho intramolecular Hbond substituents is 3. The monoisotopic (exact) mass is 403 g/mol. The lowest BCUT2D eigenvalue weighted by Gasteiger charge is -2.12. The van der Waals surface area contributed by atoms with Gasteiger partial charge in [-0.3, -0.25) is 4.68 Å². The Bertz CT molecular complexity index is 1200. The summed E-state index contributed by atoms with van der Waals surface area (Å²) in [4.78, 5) is 13.6. The van der Waals surface area contributed by atoms with Crippen LogP contribution in [-0.4, -0.2) is 40.1 Å². The van der Waals surface area contributed by atoms with Crippen LogP contribution in [0.15, 0.2) is 36.7 Å². The zero-order valence-electron chi connectivity index (χ0n) is 17.0. The van der Waals surface area contributed by atoms with Crippen molar-refractivity contribution in [1.29, 1.82) is 0 Å². The number of benzene rings is 2. The lowest BCUT2D eigenvalue weighted by molar-refractivity contribution is 0.444. The molecule has 0 spiro atoms. The van der Waals surface area contributed by atoms with Gasteiger partial charge in [0.15, 0.2) is 17.5 Å². The van der Waals surface area contributed by atoms with Gasteiger partial charge in [0.05, 0.1) is 22.9 Å². The Morgan fingerprint density at radius 2 is 1.30 bits per heavy atom. The largest absolute Gasteiger partial charge is 0.508 e. The minimum Gasteiger partial charge on any atom is -0.508 e. The number of aromatic nitrogens is 5. The second kappa shape index (κ2) is 7.14. The summed E-state index contributed by atoms with van der Waals surface area (Å²) in [5, 5.41) is 35.3. The molecule has 4 rings (SSSR count). The zero-order valence-corrected chi connectivity index (χ0v) is 17.0. The molecule has 0 aliphatic carbocycles. The van der Waals surface area contributed by atoms with Crippen LogP contribution in [0.2, 0.25) is 0 Å². The first kappa shape index (κ1) is 19.4. The van der Waals surface area contributed by atoms with Crippen LogP contribution < -0.4 is 0 Å². The second-order valence-corrected chi connectivity index (χ2v) is 7.22. The van der Waals surface area contributed by atoms with E-state index in [4.69, 9.17) is 0 Å². The standard InChI is InChI=1S/C22H21N5O3/c1-11-5-6-15(18(29)12(11)2)21-24-20(14-9-23-27(4)10-14)25-22(26-21)16-7-8-17(28)13(3)19(16)30/h5-10,28-30H,1-4H3. The van der Waals surface area contributed by atoms with Gasteiger partial charge in [-0.1, -0.05) is 6.07 Å². The van der Waals surface area contributed by atoms with Gasteiger partial charge in [-0.15, -0.1) is 0 Å². The van der Waals surface area contributed by atoms with Crippen molar-refractivity contribution in [1.82, 2.24) is 24.7 Å². The van der Waals surface area contributed by atoms with Crippen LogP contribution >= 0.6 is 0 Å². The van der Waals surface area contributed by atoms with Gasteiger partial charge in [0, 0.05) is 18.8 Å². The quantitative estimate of drug-likeness (QED) is 0.478. The molecule has 152 valence electrons. The minimum absolute atomic E-state index is 0.0233. The Morgan fingerprint density at radius 1 is 0.733 bits per heavy atom. The molecule has 8 heteroatoms. The summed E-state index contributed by atoms with van der Waals surface area (Å²) >= 11 is 0. The Kier molecular flexibility index (Phi) is 4.62. The van der Waals surface area contributed by atoms with Crippen molar-refractivity contribution in [3.63, 3.8) is 0 Å². The summed E-state index contributed by atoms with van der Waals surface area (Å²) < 4.78 is 1.63. The zero-order chi connectivity index (χ0) is 21.6. The predicted molar refractivity (Wildman–Crippen MR) is 112 cm³/mol. The smallest absolute Gasteiger partial charge is 0.167 e. The first-order chi connectivity index (χ1) is 14.3. The molecule has 2 aromatic heterocycles. The van der Waals surface area contributed by atoms with Crippen LogP contribution in [0.5, 0.6) is 17.2 Å². The molecule has 30 heavy (non-hydrogen) atoms. The van der Waals surface area contributed by atoms with Crippen molar-refractivity contribution >= 4 is 0 Å². The van der Waals surface area contributed by atoms with E-state index in [9.17, 15) is 15.3 Å². The maximum absolute atomic E-state index is 10.7.